The number of carbonyl (C=O) groups is 1. The third kappa shape index (κ3) is 5.09. The summed E-state index contributed by atoms with van der Waals surface area (Å²) in [5, 5.41) is 2.10. The van der Waals surface area contributed by atoms with E-state index in [2.05, 4.69) is 29.5 Å². The van der Waals surface area contributed by atoms with Gasteiger partial charge in [-0.3, -0.25) is 4.79 Å². The molecule has 0 radical (unpaired) electrons. The van der Waals surface area contributed by atoms with E-state index in [-0.39, 0.29) is 0 Å². The van der Waals surface area contributed by atoms with Crippen LogP contribution in [0.25, 0.3) is 0 Å². The van der Waals surface area contributed by atoms with Gasteiger partial charge in [0, 0.05) is 24.3 Å². The largest absolute Gasteiger partial charge is 0.301 e. The van der Waals surface area contributed by atoms with Crippen molar-refractivity contribution in [1.82, 2.24) is 4.90 Å². The van der Waals surface area contributed by atoms with Crippen LogP contribution in [0.4, 0.5) is 0 Å². The molecule has 1 aromatic heterocycles. The second-order valence-electron chi connectivity index (χ2n) is 3.81. The average molecular weight is 225 g/mol. The molecule has 1 heterocycles. The molecule has 1 aromatic rings. The molecule has 0 aliphatic heterocycles. The lowest BCUT2D eigenvalue weighted by Crippen LogP contribution is -2.19. The van der Waals surface area contributed by atoms with Crippen molar-refractivity contribution in [1.29, 1.82) is 0 Å². The van der Waals surface area contributed by atoms with Gasteiger partial charge in [0.05, 0.1) is 0 Å². The van der Waals surface area contributed by atoms with E-state index in [9.17, 15) is 4.79 Å². The first-order chi connectivity index (χ1) is 7.22. The van der Waals surface area contributed by atoms with Crippen LogP contribution in [0, 0.1) is 0 Å². The van der Waals surface area contributed by atoms with E-state index in [0.29, 0.717) is 12.2 Å². The fourth-order valence-electron chi connectivity index (χ4n) is 1.47. The molecule has 0 aromatic carbocycles. The van der Waals surface area contributed by atoms with Crippen LogP contribution >= 0.6 is 11.3 Å². The van der Waals surface area contributed by atoms with Gasteiger partial charge in [0.25, 0.3) is 0 Å². The minimum absolute atomic E-state index is 0.375. The van der Waals surface area contributed by atoms with E-state index in [0.717, 1.165) is 25.9 Å². The van der Waals surface area contributed by atoms with Gasteiger partial charge in [-0.15, -0.1) is 11.3 Å². The molecule has 0 aliphatic carbocycles. The van der Waals surface area contributed by atoms with Gasteiger partial charge in [0.2, 0.25) is 0 Å². The molecule has 15 heavy (non-hydrogen) atoms. The second-order valence-corrected chi connectivity index (χ2v) is 4.85. The fraction of sp³-hybridized carbons (Fsp3) is 0.583. The number of ketones is 1. The number of thiophene rings is 1. The van der Waals surface area contributed by atoms with Crippen LogP contribution in [-0.4, -0.2) is 24.3 Å². The predicted molar refractivity (Wildman–Crippen MR) is 65.2 cm³/mol. The lowest BCUT2D eigenvalue weighted by molar-refractivity contribution is -0.118. The molecule has 0 unspecified atom stereocenters. The van der Waals surface area contributed by atoms with Crippen molar-refractivity contribution in [3.8, 4) is 0 Å². The highest BCUT2D eigenvalue weighted by atomic mass is 32.1. The van der Waals surface area contributed by atoms with E-state index >= 15 is 0 Å². The SMILES string of the molecule is CCC(=O)CCCN(C)Cc1cccs1. The second kappa shape index (κ2) is 6.75. The number of rotatable bonds is 7. The first kappa shape index (κ1) is 12.4. The molecular formula is C12H19NOS. The maximum absolute atomic E-state index is 11.1. The zero-order chi connectivity index (χ0) is 11.1. The van der Waals surface area contributed by atoms with Crippen molar-refractivity contribution in [2.75, 3.05) is 13.6 Å². The van der Waals surface area contributed by atoms with Crippen LogP contribution in [0.2, 0.25) is 0 Å². The third-order valence-corrected chi connectivity index (χ3v) is 3.26. The Labute approximate surface area is 95.9 Å². The Bertz CT molecular complexity index is 282. The Morgan fingerprint density at radius 3 is 2.93 bits per heavy atom. The molecule has 0 saturated carbocycles. The molecule has 3 heteroatoms. The summed E-state index contributed by atoms with van der Waals surface area (Å²) in [7, 11) is 2.11. The van der Waals surface area contributed by atoms with Gasteiger partial charge in [-0.1, -0.05) is 13.0 Å². The van der Waals surface area contributed by atoms with Gasteiger partial charge in [0.1, 0.15) is 5.78 Å². The van der Waals surface area contributed by atoms with E-state index < -0.39 is 0 Å². The Kier molecular flexibility index (Phi) is 5.58. The topological polar surface area (TPSA) is 20.3 Å². The summed E-state index contributed by atoms with van der Waals surface area (Å²) in [4.78, 5) is 14.8. The van der Waals surface area contributed by atoms with Crippen molar-refractivity contribution < 1.29 is 4.79 Å². The van der Waals surface area contributed by atoms with Crippen LogP contribution in [0.3, 0.4) is 0 Å². The minimum Gasteiger partial charge on any atom is -0.301 e. The molecule has 84 valence electrons. The number of Topliss-reactive ketones (excluding diaryl/α,β-unsaturated/α-hetero) is 1. The zero-order valence-corrected chi connectivity index (χ0v) is 10.3. The van der Waals surface area contributed by atoms with Crippen LogP contribution in [0.5, 0.6) is 0 Å². The van der Waals surface area contributed by atoms with Crippen molar-refractivity contribution in [2.45, 2.75) is 32.7 Å². The Balaban J connectivity index is 2.14. The predicted octanol–water partition coefficient (Wildman–Crippen LogP) is 2.94. The van der Waals surface area contributed by atoms with Crippen molar-refractivity contribution in [2.24, 2.45) is 0 Å². The molecular weight excluding hydrogens is 206 g/mol. The summed E-state index contributed by atoms with van der Waals surface area (Å²) in [6.07, 6.45) is 2.38. The maximum atomic E-state index is 11.1. The number of hydrogen-bond donors (Lipinski definition) is 0. The van der Waals surface area contributed by atoms with Crippen LogP contribution in [0.1, 0.15) is 31.1 Å². The van der Waals surface area contributed by atoms with E-state index in [4.69, 9.17) is 0 Å². The lowest BCUT2D eigenvalue weighted by Gasteiger charge is -2.14. The van der Waals surface area contributed by atoms with Gasteiger partial charge in [-0.2, -0.15) is 0 Å². The molecule has 0 amide bonds. The monoisotopic (exact) mass is 225 g/mol. The normalized spacial score (nSPS) is 10.9. The first-order valence-electron chi connectivity index (χ1n) is 5.45. The molecule has 0 saturated heterocycles. The maximum Gasteiger partial charge on any atom is 0.132 e. The number of nitrogens with zero attached hydrogens (tertiary/aromatic N) is 1. The Morgan fingerprint density at radius 2 is 2.33 bits per heavy atom. The van der Waals surface area contributed by atoms with Crippen LogP contribution < -0.4 is 0 Å². The number of carbonyl (C=O) groups excluding carboxylic acids is 1. The third-order valence-electron chi connectivity index (χ3n) is 2.40. The minimum atomic E-state index is 0.375. The first-order valence-corrected chi connectivity index (χ1v) is 6.33. The Hall–Kier alpha value is -0.670. The summed E-state index contributed by atoms with van der Waals surface area (Å²) in [5.74, 6) is 0.375. The summed E-state index contributed by atoms with van der Waals surface area (Å²) in [5.41, 5.74) is 0. The molecule has 0 fully saturated rings. The summed E-state index contributed by atoms with van der Waals surface area (Å²) in [6.45, 7) is 3.93. The quantitative estimate of drug-likeness (QED) is 0.711. The summed E-state index contributed by atoms with van der Waals surface area (Å²) in [6, 6.07) is 4.23. The Morgan fingerprint density at radius 1 is 1.53 bits per heavy atom. The van der Waals surface area contributed by atoms with Crippen molar-refractivity contribution in [3.05, 3.63) is 22.4 Å². The van der Waals surface area contributed by atoms with Gasteiger partial charge in [-0.25, -0.2) is 0 Å². The smallest absolute Gasteiger partial charge is 0.132 e. The summed E-state index contributed by atoms with van der Waals surface area (Å²) >= 11 is 1.79. The van der Waals surface area contributed by atoms with Crippen LogP contribution in [-0.2, 0) is 11.3 Å². The molecule has 0 atom stereocenters. The standard InChI is InChI=1S/C12H19NOS/c1-3-11(14)6-4-8-13(2)10-12-7-5-9-15-12/h5,7,9H,3-4,6,8,10H2,1-2H3. The zero-order valence-electron chi connectivity index (χ0n) is 9.53. The lowest BCUT2D eigenvalue weighted by atomic mass is 10.2. The highest BCUT2D eigenvalue weighted by Crippen LogP contribution is 2.11. The van der Waals surface area contributed by atoms with Gasteiger partial charge in [-0.05, 0) is 31.5 Å². The summed E-state index contributed by atoms with van der Waals surface area (Å²) < 4.78 is 0. The van der Waals surface area contributed by atoms with E-state index in [1.54, 1.807) is 11.3 Å². The highest BCUT2D eigenvalue weighted by molar-refractivity contribution is 7.09. The van der Waals surface area contributed by atoms with Gasteiger partial charge in [0.15, 0.2) is 0 Å². The van der Waals surface area contributed by atoms with E-state index in [1.165, 1.54) is 4.88 Å². The van der Waals surface area contributed by atoms with Crippen LogP contribution in [0.15, 0.2) is 17.5 Å². The average Bonchev–Trinajstić information content (AvgIpc) is 2.70. The molecule has 0 N–H and O–H groups in total. The van der Waals surface area contributed by atoms with Gasteiger partial charge >= 0.3 is 0 Å². The van der Waals surface area contributed by atoms with Crippen molar-refractivity contribution >= 4 is 17.1 Å². The molecule has 2 nitrogen and oxygen atoms in total. The van der Waals surface area contributed by atoms with Gasteiger partial charge < -0.3 is 4.90 Å². The molecule has 0 spiro atoms. The molecule has 0 aliphatic rings. The molecule has 0 bridgehead atoms. The fourth-order valence-corrected chi connectivity index (χ4v) is 2.25. The molecule has 1 rings (SSSR count). The van der Waals surface area contributed by atoms with E-state index in [1.807, 2.05) is 6.92 Å². The number of hydrogen-bond acceptors (Lipinski definition) is 3. The highest BCUT2D eigenvalue weighted by Gasteiger charge is 2.02. The van der Waals surface area contributed by atoms with Crippen molar-refractivity contribution in [3.63, 3.8) is 0 Å².